The zero-order valence-corrected chi connectivity index (χ0v) is 11.3. The molecule has 0 unspecified atom stereocenters. The first-order valence-corrected chi connectivity index (χ1v) is 6.48. The number of benzene rings is 1. The van der Waals surface area contributed by atoms with E-state index < -0.39 is 5.82 Å². The Labute approximate surface area is 119 Å². The number of fused-ring (bicyclic) bond motifs is 1. The third-order valence-corrected chi connectivity index (χ3v) is 3.35. The highest BCUT2D eigenvalue weighted by Gasteiger charge is 2.17. The quantitative estimate of drug-likeness (QED) is 0.693. The van der Waals surface area contributed by atoms with E-state index >= 15 is 0 Å². The van der Waals surface area contributed by atoms with E-state index in [2.05, 4.69) is 5.10 Å². The van der Waals surface area contributed by atoms with Crippen molar-refractivity contribution in [3.63, 3.8) is 0 Å². The molecule has 0 N–H and O–H groups in total. The summed E-state index contributed by atoms with van der Waals surface area (Å²) in [5.41, 5.74) is 0.845. The Balaban J connectivity index is 2.37. The molecule has 0 bridgehead atoms. The third kappa shape index (κ3) is 2.05. The van der Waals surface area contributed by atoms with Gasteiger partial charge in [0.05, 0.1) is 5.56 Å². The first-order valence-electron chi connectivity index (χ1n) is 6.48. The predicted octanol–water partition coefficient (Wildman–Crippen LogP) is 2.13. The van der Waals surface area contributed by atoms with E-state index in [9.17, 15) is 14.0 Å². The first kappa shape index (κ1) is 13.2. The molecule has 1 aromatic carbocycles. The summed E-state index contributed by atoms with van der Waals surface area (Å²) in [5.74, 6) is -0.424. The normalized spacial score (nSPS) is 11.0. The number of nitrogens with zero attached hydrogens (tertiary/aromatic N) is 3. The number of aryl methyl sites for hydroxylation is 1. The smallest absolute Gasteiger partial charge is 0.277 e. The molecule has 0 saturated heterocycles. The number of carbonyl (C=O) groups excluding carboxylic acids is 1. The molecular weight excluding hydrogens is 273 g/mol. The zero-order chi connectivity index (χ0) is 15.0. The highest BCUT2D eigenvalue weighted by atomic mass is 19.1. The van der Waals surface area contributed by atoms with Crippen LogP contribution in [0.4, 0.5) is 4.39 Å². The Morgan fingerprint density at radius 2 is 2.14 bits per heavy atom. The van der Waals surface area contributed by atoms with Crippen LogP contribution in [0.1, 0.15) is 17.3 Å². The lowest BCUT2D eigenvalue weighted by Gasteiger charge is -2.01. The molecule has 0 aliphatic rings. The summed E-state index contributed by atoms with van der Waals surface area (Å²) in [6.45, 7) is 2.33. The second-order valence-electron chi connectivity index (χ2n) is 4.57. The molecule has 6 heteroatoms. The van der Waals surface area contributed by atoms with E-state index in [0.717, 1.165) is 0 Å². The Bertz CT molecular complexity index is 896. The molecule has 106 valence electrons. The highest BCUT2D eigenvalue weighted by Crippen LogP contribution is 2.23. The van der Waals surface area contributed by atoms with E-state index in [4.69, 9.17) is 0 Å². The van der Waals surface area contributed by atoms with Crippen LogP contribution in [0.3, 0.4) is 0 Å². The van der Waals surface area contributed by atoms with Crippen LogP contribution in [0.15, 0.2) is 41.5 Å². The molecule has 3 aromatic rings. The fourth-order valence-electron chi connectivity index (χ4n) is 2.33. The Morgan fingerprint density at radius 1 is 1.33 bits per heavy atom. The summed E-state index contributed by atoms with van der Waals surface area (Å²) < 4.78 is 16.2. The van der Waals surface area contributed by atoms with Gasteiger partial charge in [-0.05, 0) is 19.1 Å². The topological polar surface area (TPSA) is 56.4 Å². The van der Waals surface area contributed by atoms with Crippen molar-refractivity contribution in [1.82, 2.24) is 14.2 Å². The number of carbonyl (C=O) groups is 1. The van der Waals surface area contributed by atoms with Crippen molar-refractivity contribution in [2.24, 2.45) is 0 Å². The van der Waals surface area contributed by atoms with Crippen LogP contribution in [-0.2, 0) is 6.54 Å². The zero-order valence-electron chi connectivity index (χ0n) is 11.3. The lowest BCUT2D eigenvalue weighted by atomic mass is 10.1. The van der Waals surface area contributed by atoms with Crippen LogP contribution < -0.4 is 5.56 Å². The molecule has 0 fully saturated rings. The largest absolute Gasteiger partial charge is 0.312 e. The average Bonchev–Trinajstić information content (AvgIpc) is 2.87. The van der Waals surface area contributed by atoms with Gasteiger partial charge in [0.2, 0.25) is 0 Å². The molecule has 0 aliphatic heterocycles. The van der Waals surface area contributed by atoms with E-state index in [-0.39, 0.29) is 16.6 Å². The first-order chi connectivity index (χ1) is 10.2. The van der Waals surface area contributed by atoms with Gasteiger partial charge in [-0.15, -0.1) is 0 Å². The van der Waals surface area contributed by atoms with E-state index in [1.807, 2.05) is 6.92 Å². The van der Waals surface area contributed by atoms with Gasteiger partial charge in [0.15, 0.2) is 6.29 Å². The number of hydrogen-bond donors (Lipinski definition) is 0. The van der Waals surface area contributed by atoms with Gasteiger partial charge in [-0.2, -0.15) is 5.10 Å². The molecule has 21 heavy (non-hydrogen) atoms. The SMILES string of the molecule is CCn1ccn2nc(-c3cccc(F)c3)c(C=O)c2c1=O. The summed E-state index contributed by atoms with van der Waals surface area (Å²) in [6, 6.07) is 5.78. The van der Waals surface area contributed by atoms with Gasteiger partial charge in [-0.1, -0.05) is 12.1 Å². The fraction of sp³-hybridized carbons (Fsp3) is 0.133. The number of aromatic nitrogens is 3. The van der Waals surface area contributed by atoms with Crippen LogP contribution in [0.25, 0.3) is 16.8 Å². The van der Waals surface area contributed by atoms with Crippen LogP contribution in [-0.4, -0.2) is 20.5 Å². The van der Waals surface area contributed by atoms with Gasteiger partial charge >= 0.3 is 0 Å². The Morgan fingerprint density at radius 3 is 2.81 bits per heavy atom. The molecule has 0 atom stereocenters. The Hall–Kier alpha value is -2.76. The van der Waals surface area contributed by atoms with Crippen LogP contribution >= 0.6 is 0 Å². The van der Waals surface area contributed by atoms with E-state index in [1.165, 1.54) is 27.3 Å². The van der Waals surface area contributed by atoms with Crippen molar-refractivity contribution in [2.45, 2.75) is 13.5 Å². The van der Waals surface area contributed by atoms with Crippen molar-refractivity contribution in [1.29, 1.82) is 0 Å². The van der Waals surface area contributed by atoms with Gasteiger partial charge in [-0.25, -0.2) is 8.91 Å². The molecule has 0 spiro atoms. The minimum atomic E-state index is -0.424. The van der Waals surface area contributed by atoms with Gasteiger partial charge in [-0.3, -0.25) is 9.59 Å². The lowest BCUT2D eigenvalue weighted by molar-refractivity contribution is 0.112. The third-order valence-electron chi connectivity index (χ3n) is 3.35. The molecule has 0 amide bonds. The minimum Gasteiger partial charge on any atom is -0.312 e. The lowest BCUT2D eigenvalue weighted by Crippen LogP contribution is -2.21. The number of aldehydes is 1. The highest BCUT2D eigenvalue weighted by molar-refractivity contribution is 5.94. The Kier molecular flexibility index (Phi) is 3.13. The minimum absolute atomic E-state index is 0.174. The monoisotopic (exact) mass is 285 g/mol. The number of rotatable bonds is 3. The molecule has 2 aromatic heterocycles. The standard InChI is InChI=1S/C15H12FN3O2/c1-2-18-6-7-19-14(15(18)21)12(9-20)13(17-19)10-4-3-5-11(16)8-10/h3-9H,2H2,1H3. The number of hydrogen-bond acceptors (Lipinski definition) is 3. The van der Waals surface area contributed by atoms with Crippen LogP contribution in [0, 0.1) is 5.82 Å². The molecule has 0 saturated carbocycles. The summed E-state index contributed by atoms with van der Waals surface area (Å²) in [5, 5.41) is 4.24. The van der Waals surface area contributed by atoms with Gasteiger partial charge in [0, 0.05) is 24.5 Å². The van der Waals surface area contributed by atoms with Crippen molar-refractivity contribution < 1.29 is 9.18 Å². The van der Waals surface area contributed by atoms with Gasteiger partial charge < -0.3 is 4.57 Å². The predicted molar refractivity (Wildman–Crippen MR) is 75.9 cm³/mol. The molecular formula is C15H12FN3O2. The molecule has 0 aliphatic carbocycles. The second-order valence-corrected chi connectivity index (χ2v) is 4.57. The summed E-state index contributed by atoms with van der Waals surface area (Å²) >= 11 is 0. The maximum absolute atomic E-state index is 13.4. The van der Waals surface area contributed by atoms with Gasteiger partial charge in [0.1, 0.15) is 17.0 Å². The van der Waals surface area contributed by atoms with Crippen molar-refractivity contribution in [3.8, 4) is 11.3 Å². The summed E-state index contributed by atoms with van der Waals surface area (Å²) in [6.07, 6.45) is 3.80. The maximum Gasteiger partial charge on any atom is 0.277 e. The molecule has 5 nitrogen and oxygen atoms in total. The van der Waals surface area contributed by atoms with E-state index in [1.54, 1.807) is 18.5 Å². The molecule has 3 rings (SSSR count). The number of halogens is 1. The van der Waals surface area contributed by atoms with E-state index in [0.29, 0.717) is 24.1 Å². The van der Waals surface area contributed by atoms with Gasteiger partial charge in [0.25, 0.3) is 5.56 Å². The second kappa shape index (κ2) is 4.97. The van der Waals surface area contributed by atoms with Crippen LogP contribution in [0.2, 0.25) is 0 Å². The summed E-state index contributed by atoms with van der Waals surface area (Å²) in [4.78, 5) is 23.7. The maximum atomic E-state index is 13.4. The van der Waals surface area contributed by atoms with Crippen molar-refractivity contribution >= 4 is 11.8 Å². The van der Waals surface area contributed by atoms with Crippen molar-refractivity contribution in [2.75, 3.05) is 0 Å². The fourth-order valence-corrected chi connectivity index (χ4v) is 2.33. The van der Waals surface area contributed by atoms with Crippen LogP contribution in [0.5, 0.6) is 0 Å². The summed E-state index contributed by atoms with van der Waals surface area (Å²) in [7, 11) is 0. The average molecular weight is 285 g/mol. The van der Waals surface area contributed by atoms with Crippen molar-refractivity contribution in [3.05, 3.63) is 58.4 Å². The molecule has 2 heterocycles. The molecule has 0 radical (unpaired) electrons.